The van der Waals surface area contributed by atoms with Crippen LogP contribution in [-0.2, 0) is 6.54 Å². The third-order valence-corrected chi connectivity index (χ3v) is 4.74. The van der Waals surface area contributed by atoms with Gasteiger partial charge in [-0.25, -0.2) is 4.98 Å². The molecule has 0 unspecified atom stereocenters. The van der Waals surface area contributed by atoms with Gasteiger partial charge in [0.05, 0.1) is 19.2 Å². The number of aromatic nitrogens is 2. The van der Waals surface area contributed by atoms with E-state index in [0.717, 1.165) is 27.9 Å². The molecular weight excluding hydrogens is 392 g/mol. The number of hydrogen-bond acceptors (Lipinski definition) is 6. The van der Waals surface area contributed by atoms with Gasteiger partial charge in [-0.2, -0.15) is 0 Å². The Morgan fingerprint density at radius 3 is 2.61 bits per heavy atom. The number of fused-ring (bicyclic) bond motifs is 1. The molecule has 0 saturated carbocycles. The third-order valence-electron chi connectivity index (χ3n) is 4.74. The fourth-order valence-electron chi connectivity index (χ4n) is 3.14. The molecule has 2 aromatic heterocycles. The number of ether oxygens (including phenoxy) is 2. The molecule has 4 aromatic rings. The van der Waals surface area contributed by atoms with Crippen molar-refractivity contribution in [1.82, 2.24) is 15.4 Å². The summed E-state index contributed by atoms with van der Waals surface area (Å²) in [4.78, 5) is 13.5. The molecule has 31 heavy (non-hydrogen) atoms. The standard InChI is InChI=1S/C24H22N4O3/c1-16-8-13-20(23(28-29)26-15-17-9-11-19(30-2)12-10-17)24(27-16)31-21-7-3-5-18-6-4-14-25-22(18)21/h3-14,29H,15H2,1-2H3,(H,26,28). The third kappa shape index (κ3) is 4.62. The zero-order chi connectivity index (χ0) is 21.6. The summed E-state index contributed by atoms with van der Waals surface area (Å²) in [5.41, 5.74) is 5.19. The number of hydrogen-bond donors (Lipinski definition) is 2. The van der Waals surface area contributed by atoms with Crippen LogP contribution >= 0.6 is 0 Å². The van der Waals surface area contributed by atoms with Crippen LogP contribution in [0.1, 0.15) is 16.8 Å². The highest BCUT2D eigenvalue weighted by Gasteiger charge is 2.15. The lowest BCUT2D eigenvalue weighted by atomic mass is 10.2. The lowest BCUT2D eigenvalue weighted by Gasteiger charge is -2.13. The number of aliphatic imine (C=N–C) groups is 1. The van der Waals surface area contributed by atoms with Gasteiger partial charge in [-0.1, -0.05) is 30.3 Å². The number of aryl methyl sites for hydroxylation is 1. The van der Waals surface area contributed by atoms with E-state index in [4.69, 9.17) is 9.47 Å². The van der Waals surface area contributed by atoms with E-state index in [0.29, 0.717) is 23.7 Å². The first-order chi connectivity index (χ1) is 15.2. The van der Waals surface area contributed by atoms with Crippen molar-refractivity contribution in [3.05, 3.63) is 89.7 Å². The van der Waals surface area contributed by atoms with Gasteiger partial charge in [0.25, 0.3) is 0 Å². The number of methoxy groups -OCH3 is 1. The SMILES string of the molecule is COc1ccc(CN=C(NO)c2ccc(C)nc2Oc2cccc3cccnc23)cc1. The lowest BCUT2D eigenvalue weighted by molar-refractivity contribution is 0.234. The first-order valence-corrected chi connectivity index (χ1v) is 9.75. The van der Waals surface area contributed by atoms with E-state index < -0.39 is 0 Å². The van der Waals surface area contributed by atoms with Crippen molar-refractivity contribution in [2.75, 3.05) is 7.11 Å². The number of hydroxylamine groups is 1. The second-order valence-electron chi connectivity index (χ2n) is 6.86. The van der Waals surface area contributed by atoms with Crippen molar-refractivity contribution in [2.24, 2.45) is 4.99 Å². The zero-order valence-electron chi connectivity index (χ0n) is 17.2. The summed E-state index contributed by atoms with van der Waals surface area (Å²) in [6.07, 6.45) is 1.72. The van der Waals surface area contributed by atoms with Crippen LogP contribution in [0, 0.1) is 6.92 Å². The minimum Gasteiger partial charge on any atom is -0.497 e. The fraction of sp³-hybridized carbons (Fsp3) is 0.125. The van der Waals surface area contributed by atoms with Crippen molar-refractivity contribution in [1.29, 1.82) is 0 Å². The minimum absolute atomic E-state index is 0.256. The summed E-state index contributed by atoms with van der Waals surface area (Å²) in [5, 5.41) is 10.7. The Kier molecular flexibility index (Phi) is 6.05. The van der Waals surface area contributed by atoms with E-state index in [2.05, 4.69) is 20.4 Å². The van der Waals surface area contributed by atoms with Gasteiger partial charge in [-0.3, -0.25) is 20.7 Å². The molecule has 7 nitrogen and oxygen atoms in total. The highest BCUT2D eigenvalue weighted by molar-refractivity contribution is 6.00. The number of nitrogens with zero attached hydrogens (tertiary/aromatic N) is 3. The van der Waals surface area contributed by atoms with Gasteiger partial charge in [0, 0.05) is 17.3 Å². The molecule has 0 aliphatic carbocycles. The second-order valence-corrected chi connectivity index (χ2v) is 6.86. The minimum atomic E-state index is 0.256. The topological polar surface area (TPSA) is 88.9 Å². The molecule has 0 bridgehead atoms. The quantitative estimate of drug-likeness (QED) is 0.271. The summed E-state index contributed by atoms with van der Waals surface area (Å²) < 4.78 is 11.3. The molecule has 2 heterocycles. The van der Waals surface area contributed by atoms with E-state index in [-0.39, 0.29) is 5.84 Å². The molecule has 0 saturated heterocycles. The van der Waals surface area contributed by atoms with Crippen molar-refractivity contribution in [3.63, 3.8) is 0 Å². The van der Waals surface area contributed by atoms with Crippen LogP contribution < -0.4 is 15.0 Å². The second kappa shape index (κ2) is 9.23. The number of pyridine rings is 2. The fourth-order valence-corrected chi connectivity index (χ4v) is 3.14. The van der Waals surface area contributed by atoms with E-state index >= 15 is 0 Å². The van der Waals surface area contributed by atoms with E-state index in [1.54, 1.807) is 13.3 Å². The smallest absolute Gasteiger partial charge is 0.230 e. The average Bonchev–Trinajstić information content (AvgIpc) is 2.81. The van der Waals surface area contributed by atoms with Gasteiger partial charge >= 0.3 is 0 Å². The molecular formula is C24H22N4O3. The first kappa shape index (κ1) is 20.3. The van der Waals surface area contributed by atoms with Gasteiger partial charge < -0.3 is 9.47 Å². The Morgan fingerprint density at radius 2 is 1.84 bits per heavy atom. The number of rotatable bonds is 6. The van der Waals surface area contributed by atoms with Gasteiger partial charge in [-0.15, -0.1) is 0 Å². The predicted octanol–water partition coefficient (Wildman–Crippen LogP) is 4.66. The zero-order valence-corrected chi connectivity index (χ0v) is 17.2. The summed E-state index contributed by atoms with van der Waals surface area (Å²) in [6, 6.07) is 20.8. The molecule has 4 rings (SSSR count). The molecule has 156 valence electrons. The summed E-state index contributed by atoms with van der Waals surface area (Å²) in [6.45, 7) is 2.23. The van der Waals surface area contributed by atoms with Crippen LogP contribution in [0.2, 0.25) is 0 Å². The Balaban J connectivity index is 1.67. The van der Waals surface area contributed by atoms with Crippen molar-refractivity contribution in [3.8, 4) is 17.4 Å². The maximum absolute atomic E-state index is 9.77. The summed E-state index contributed by atoms with van der Waals surface area (Å²) in [7, 11) is 1.62. The molecule has 0 aliphatic rings. The molecule has 7 heteroatoms. The predicted molar refractivity (Wildman–Crippen MR) is 119 cm³/mol. The highest BCUT2D eigenvalue weighted by atomic mass is 16.5. The van der Waals surface area contributed by atoms with Crippen LogP contribution in [0.25, 0.3) is 10.9 Å². The Bertz CT molecular complexity index is 1220. The number of nitrogens with one attached hydrogen (secondary N) is 1. The monoisotopic (exact) mass is 414 g/mol. The number of benzene rings is 2. The molecule has 0 amide bonds. The molecule has 0 atom stereocenters. The Morgan fingerprint density at radius 1 is 1.03 bits per heavy atom. The average molecular weight is 414 g/mol. The van der Waals surface area contributed by atoms with Gasteiger partial charge in [0.1, 0.15) is 11.3 Å². The van der Waals surface area contributed by atoms with Crippen LogP contribution in [0.15, 0.2) is 77.9 Å². The van der Waals surface area contributed by atoms with E-state index in [1.807, 2.05) is 73.7 Å². The summed E-state index contributed by atoms with van der Waals surface area (Å²) >= 11 is 0. The number of amidine groups is 1. The largest absolute Gasteiger partial charge is 0.497 e. The van der Waals surface area contributed by atoms with Crippen molar-refractivity contribution < 1.29 is 14.7 Å². The molecule has 0 fully saturated rings. The van der Waals surface area contributed by atoms with Crippen LogP contribution in [0.3, 0.4) is 0 Å². The maximum atomic E-state index is 9.77. The van der Waals surface area contributed by atoms with Gasteiger partial charge in [0.2, 0.25) is 5.88 Å². The van der Waals surface area contributed by atoms with E-state index in [9.17, 15) is 5.21 Å². The molecule has 2 aromatic carbocycles. The summed E-state index contributed by atoms with van der Waals surface area (Å²) in [5.74, 6) is 1.93. The molecule has 0 radical (unpaired) electrons. The van der Waals surface area contributed by atoms with Crippen LogP contribution in [0.4, 0.5) is 0 Å². The molecule has 2 N–H and O–H groups in total. The molecule has 0 aliphatic heterocycles. The normalized spacial score (nSPS) is 11.4. The lowest BCUT2D eigenvalue weighted by Crippen LogP contribution is -2.22. The van der Waals surface area contributed by atoms with Gasteiger partial charge in [0.15, 0.2) is 11.6 Å². The van der Waals surface area contributed by atoms with Crippen LogP contribution in [0.5, 0.6) is 17.4 Å². The number of para-hydroxylation sites is 1. The molecule has 0 spiro atoms. The Hall–Kier alpha value is -3.97. The first-order valence-electron chi connectivity index (χ1n) is 9.75. The van der Waals surface area contributed by atoms with Crippen molar-refractivity contribution in [2.45, 2.75) is 13.5 Å². The maximum Gasteiger partial charge on any atom is 0.230 e. The van der Waals surface area contributed by atoms with Crippen molar-refractivity contribution >= 4 is 16.7 Å². The van der Waals surface area contributed by atoms with Crippen LogP contribution in [-0.4, -0.2) is 28.1 Å². The highest BCUT2D eigenvalue weighted by Crippen LogP contribution is 2.29. The Labute approximate surface area is 180 Å². The van der Waals surface area contributed by atoms with E-state index in [1.165, 1.54) is 0 Å². The van der Waals surface area contributed by atoms with Gasteiger partial charge in [-0.05, 0) is 48.9 Å².